The van der Waals surface area contributed by atoms with Gasteiger partial charge in [0.05, 0.1) is 12.2 Å². The van der Waals surface area contributed by atoms with Crippen molar-refractivity contribution in [1.82, 2.24) is 0 Å². The monoisotopic (exact) mass is 186 g/mol. The Morgan fingerprint density at radius 2 is 1.92 bits per heavy atom. The van der Waals surface area contributed by atoms with E-state index in [1.165, 1.54) is 0 Å². The number of hydrogen-bond acceptors (Lipinski definition) is 3. The maximum atomic E-state index is 11.5. The topological polar surface area (TPSA) is 57.5 Å². The Morgan fingerprint density at radius 3 is 2.46 bits per heavy atom. The Kier molecular flexibility index (Phi) is 2.78. The molecule has 13 heavy (non-hydrogen) atoms. The number of carbonyl (C=O) groups excluding carboxylic acids is 1. The van der Waals surface area contributed by atoms with Crippen molar-refractivity contribution in [3.63, 3.8) is 0 Å². The molecule has 0 bridgehead atoms. The molecule has 3 atom stereocenters. The summed E-state index contributed by atoms with van der Waals surface area (Å²) < 4.78 is 0. The molecule has 0 radical (unpaired) electrons. The Bertz CT molecular complexity index is 210. The summed E-state index contributed by atoms with van der Waals surface area (Å²) in [5.74, 6) is 0.00650. The van der Waals surface area contributed by atoms with Crippen molar-refractivity contribution in [3.8, 4) is 0 Å². The molecule has 2 N–H and O–H groups in total. The maximum Gasteiger partial charge on any atom is 0.136 e. The fourth-order valence-electron chi connectivity index (χ4n) is 1.87. The molecule has 76 valence electrons. The molecule has 1 fully saturated rings. The third-order valence-electron chi connectivity index (χ3n) is 2.94. The summed E-state index contributed by atoms with van der Waals surface area (Å²) in [4.78, 5) is 11.5. The molecule has 0 aromatic heterocycles. The van der Waals surface area contributed by atoms with Gasteiger partial charge < -0.3 is 10.2 Å². The van der Waals surface area contributed by atoms with Gasteiger partial charge in [-0.15, -0.1) is 0 Å². The minimum atomic E-state index is -0.790. The number of aliphatic hydroxyl groups is 2. The van der Waals surface area contributed by atoms with E-state index in [0.717, 1.165) is 0 Å². The van der Waals surface area contributed by atoms with Gasteiger partial charge in [-0.3, -0.25) is 4.79 Å². The number of ketones is 1. The third kappa shape index (κ3) is 2.09. The molecule has 3 unspecified atom stereocenters. The van der Waals surface area contributed by atoms with Crippen LogP contribution < -0.4 is 0 Å². The van der Waals surface area contributed by atoms with Crippen LogP contribution in [0.15, 0.2) is 0 Å². The van der Waals surface area contributed by atoms with Crippen LogP contribution in [-0.2, 0) is 4.79 Å². The second-order valence-electron chi connectivity index (χ2n) is 4.78. The summed E-state index contributed by atoms with van der Waals surface area (Å²) in [5, 5.41) is 19.3. The van der Waals surface area contributed by atoms with E-state index in [2.05, 4.69) is 0 Å². The van der Waals surface area contributed by atoms with Gasteiger partial charge in [0.15, 0.2) is 0 Å². The summed E-state index contributed by atoms with van der Waals surface area (Å²) in [5.41, 5.74) is -0.499. The zero-order chi connectivity index (χ0) is 10.2. The highest BCUT2D eigenvalue weighted by molar-refractivity contribution is 5.81. The first-order valence-electron chi connectivity index (χ1n) is 4.73. The number of hydrogen-bond donors (Lipinski definition) is 2. The van der Waals surface area contributed by atoms with Gasteiger partial charge >= 0.3 is 0 Å². The van der Waals surface area contributed by atoms with Crippen molar-refractivity contribution in [2.75, 3.05) is 0 Å². The van der Waals surface area contributed by atoms with Gasteiger partial charge in [-0.2, -0.15) is 0 Å². The average molecular weight is 186 g/mol. The summed E-state index contributed by atoms with van der Waals surface area (Å²) in [7, 11) is 0. The van der Waals surface area contributed by atoms with Gasteiger partial charge in [-0.05, 0) is 6.42 Å². The highest BCUT2D eigenvalue weighted by Crippen LogP contribution is 2.34. The van der Waals surface area contributed by atoms with Crippen LogP contribution in [-0.4, -0.2) is 28.2 Å². The lowest BCUT2D eigenvalue weighted by Gasteiger charge is -2.30. The van der Waals surface area contributed by atoms with Crippen LogP contribution in [0, 0.1) is 11.3 Å². The van der Waals surface area contributed by atoms with Crippen molar-refractivity contribution in [2.45, 2.75) is 45.8 Å². The van der Waals surface area contributed by atoms with E-state index in [1.54, 1.807) is 6.92 Å². The van der Waals surface area contributed by atoms with E-state index in [9.17, 15) is 15.0 Å². The highest BCUT2D eigenvalue weighted by Gasteiger charge is 2.40. The molecule has 1 saturated carbocycles. The van der Waals surface area contributed by atoms with Gasteiger partial charge in [0.1, 0.15) is 5.78 Å². The van der Waals surface area contributed by atoms with Gasteiger partial charge in [-0.25, -0.2) is 0 Å². The van der Waals surface area contributed by atoms with Crippen LogP contribution in [0.3, 0.4) is 0 Å². The molecule has 1 rings (SSSR count). The second-order valence-corrected chi connectivity index (χ2v) is 4.78. The Hall–Kier alpha value is -0.410. The Labute approximate surface area is 78.8 Å². The zero-order valence-electron chi connectivity index (χ0n) is 8.45. The fraction of sp³-hybridized carbons (Fsp3) is 0.900. The van der Waals surface area contributed by atoms with Crippen LogP contribution in [0.2, 0.25) is 0 Å². The predicted molar refractivity (Wildman–Crippen MR) is 49.2 cm³/mol. The van der Waals surface area contributed by atoms with Gasteiger partial charge in [0.2, 0.25) is 0 Å². The molecule has 0 amide bonds. The number of rotatable bonds is 0. The molecule has 0 heterocycles. The lowest BCUT2D eigenvalue weighted by atomic mass is 9.81. The summed E-state index contributed by atoms with van der Waals surface area (Å²) in [6.45, 7) is 5.44. The summed E-state index contributed by atoms with van der Waals surface area (Å²) in [6, 6.07) is 0. The minimum absolute atomic E-state index is 0.133. The van der Waals surface area contributed by atoms with Crippen molar-refractivity contribution < 1.29 is 15.0 Å². The number of Topliss-reactive ketones (excluding diaryl/α,β-unsaturated/α-hetero) is 1. The smallest absolute Gasteiger partial charge is 0.136 e. The molecule has 1 aliphatic rings. The second kappa shape index (κ2) is 3.39. The first-order chi connectivity index (χ1) is 5.84. The fourth-order valence-corrected chi connectivity index (χ4v) is 1.87. The van der Waals surface area contributed by atoms with E-state index >= 15 is 0 Å². The molecule has 0 aliphatic heterocycles. The van der Waals surface area contributed by atoms with E-state index in [0.29, 0.717) is 12.8 Å². The SMILES string of the molecule is CC1CC(O)C(O)C(C)(C)CC1=O. The normalized spacial score (nSPS) is 40.1. The molecule has 1 aliphatic carbocycles. The highest BCUT2D eigenvalue weighted by atomic mass is 16.3. The van der Waals surface area contributed by atoms with Gasteiger partial charge in [-0.1, -0.05) is 20.8 Å². The molecule has 0 aromatic rings. The Morgan fingerprint density at radius 1 is 1.38 bits per heavy atom. The van der Waals surface area contributed by atoms with Gasteiger partial charge in [0.25, 0.3) is 0 Å². The van der Waals surface area contributed by atoms with Gasteiger partial charge in [0, 0.05) is 17.8 Å². The first-order valence-corrected chi connectivity index (χ1v) is 4.73. The van der Waals surface area contributed by atoms with Crippen LogP contribution in [0.1, 0.15) is 33.6 Å². The molecule has 0 aromatic carbocycles. The van der Waals surface area contributed by atoms with Crippen molar-refractivity contribution in [3.05, 3.63) is 0 Å². The lowest BCUT2D eigenvalue weighted by molar-refractivity contribution is -0.124. The van der Waals surface area contributed by atoms with E-state index < -0.39 is 17.6 Å². The third-order valence-corrected chi connectivity index (χ3v) is 2.94. The molecular formula is C10H18O3. The average Bonchev–Trinajstić information content (AvgIpc) is 2.05. The van der Waals surface area contributed by atoms with Crippen molar-refractivity contribution >= 4 is 5.78 Å². The largest absolute Gasteiger partial charge is 0.390 e. The van der Waals surface area contributed by atoms with Crippen LogP contribution in [0.25, 0.3) is 0 Å². The maximum absolute atomic E-state index is 11.5. The minimum Gasteiger partial charge on any atom is -0.390 e. The van der Waals surface area contributed by atoms with Crippen LogP contribution in [0.4, 0.5) is 0 Å². The standard InChI is InChI=1S/C10H18O3/c1-6-4-7(11)9(13)10(2,3)5-8(6)12/h6-7,9,11,13H,4-5H2,1-3H3. The first kappa shape index (κ1) is 10.7. The molecule has 3 nitrogen and oxygen atoms in total. The molecular weight excluding hydrogens is 168 g/mol. The molecule has 0 saturated heterocycles. The Balaban J connectivity index is 2.87. The van der Waals surface area contributed by atoms with Crippen molar-refractivity contribution in [1.29, 1.82) is 0 Å². The summed E-state index contributed by atoms with van der Waals surface area (Å²) >= 11 is 0. The number of aliphatic hydroxyl groups excluding tert-OH is 2. The van der Waals surface area contributed by atoms with Crippen molar-refractivity contribution in [2.24, 2.45) is 11.3 Å². The zero-order valence-corrected chi connectivity index (χ0v) is 8.45. The molecule has 0 spiro atoms. The van der Waals surface area contributed by atoms with Crippen LogP contribution >= 0.6 is 0 Å². The number of carbonyl (C=O) groups is 1. The predicted octanol–water partition coefficient (Wildman–Crippen LogP) is 0.733. The lowest BCUT2D eigenvalue weighted by Crippen LogP contribution is -2.38. The molecule has 3 heteroatoms. The van der Waals surface area contributed by atoms with Crippen LogP contribution in [0.5, 0.6) is 0 Å². The van der Waals surface area contributed by atoms with E-state index in [-0.39, 0.29) is 11.7 Å². The van der Waals surface area contributed by atoms with E-state index in [4.69, 9.17) is 0 Å². The quantitative estimate of drug-likeness (QED) is 0.548. The van der Waals surface area contributed by atoms with E-state index in [1.807, 2.05) is 13.8 Å². The summed E-state index contributed by atoms with van der Waals surface area (Å²) in [6.07, 6.45) is -0.826.